The van der Waals surface area contributed by atoms with Crippen molar-refractivity contribution < 1.29 is 14.4 Å². The largest absolute Gasteiger partial charge is 0.376 e. The number of aliphatic hydroxyl groups is 1. The van der Waals surface area contributed by atoms with Gasteiger partial charge in [0.2, 0.25) is 0 Å². The first-order valence-corrected chi connectivity index (χ1v) is 11.5. The van der Waals surface area contributed by atoms with Crippen molar-refractivity contribution in [3.8, 4) is 0 Å². The zero-order valence-electron chi connectivity index (χ0n) is 18.6. The summed E-state index contributed by atoms with van der Waals surface area (Å²) in [5.74, 6) is 0.846. The molecule has 3 rings (SSSR count). The third-order valence-corrected chi connectivity index (χ3v) is 5.88. The molecule has 0 amide bonds. The van der Waals surface area contributed by atoms with Crippen LogP contribution in [0.3, 0.4) is 0 Å². The maximum absolute atomic E-state index is 11.1. The predicted molar refractivity (Wildman–Crippen MR) is 122 cm³/mol. The molecule has 0 aliphatic carbocycles. The molecule has 0 aliphatic rings. The lowest BCUT2D eigenvalue weighted by molar-refractivity contribution is -0.657. The van der Waals surface area contributed by atoms with Crippen LogP contribution < -0.4 is 4.57 Å². The van der Waals surface area contributed by atoms with E-state index < -0.39 is 6.10 Å². The van der Waals surface area contributed by atoms with Crippen LogP contribution in [0, 0.1) is 0 Å². The van der Waals surface area contributed by atoms with Crippen LogP contribution in [0.25, 0.3) is 11.0 Å². The van der Waals surface area contributed by atoms with E-state index in [2.05, 4.69) is 28.2 Å². The van der Waals surface area contributed by atoms with Crippen molar-refractivity contribution in [2.75, 3.05) is 6.61 Å². The molecule has 162 valence electrons. The molecule has 0 aliphatic heterocycles. The smallest absolute Gasteiger partial charge is 0.293 e. The second-order valence-corrected chi connectivity index (χ2v) is 8.16. The minimum absolute atomic E-state index is 0.455. The van der Waals surface area contributed by atoms with Gasteiger partial charge in [-0.1, -0.05) is 94.3 Å². The fourth-order valence-corrected chi connectivity index (χ4v) is 4.15. The molecule has 4 nitrogen and oxygen atoms in total. The summed E-state index contributed by atoms with van der Waals surface area (Å²) >= 11 is 0. The van der Waals surface area contributed by atoms with Gasteiger partial charge >= 0.3 is 0 Å². The fraction of sp³-hybridized carbons (Fsp3) is 0.500. The van der Waals surface area contributed by atoms with E-state index in [1.165, 1.54) is 44.9 Å². The number of aromatic nitrogens is 2. The van der Waals surface area contributed by atoms with E-state index in [0.29, 0.717) is 6.73 Å². The summed E-state index contributed by atoms with van der Waals surface area (Å²) in [6.45, 7) is 3.47. The SMILES string of the molecule is CCCCCCCCCCOCn1c(C(O)c2ccccc2)[n+](C)c2ccccc21. The Morgan fingerprint density at radius 1 is 0.867 bits per heavy atom. The van der Waals surface area contributed by atoms with Gasteiger partial charge in [-0.2, -0.15) is 4.57 Å². The van der Waals surface area contributed by atoms with E-state index in [0.717, 1.165) is 35.4 Å². The lowest BCUT2D eigenvalue weighted by Gasteiger charge is -2.11. The van der Waals surface area contributed by atoms with Crippen molar-refractivity contribution in [3.05, 3.63) is 66.0 Å². The van der Waals surface area contributed by atoms with E-state index in [4.69, 9.17) is 4.74 Å². The molecule has 0 spiro atoms. The summed E-state index contributed by atoms with van der Waals surface area (Å²) in [6, 6.07) is 18.1. The van der Waals surface area contributed by atoms with Gasteiger partial charge in [0.25, 0.3) is 5.82 Å². The van der Waals surface area contributed by atoms with E-state index in [9.17, 15) is 5.11 Å². The molecular weight excluding hydrogens is 372 g/mol. The average molecular weight is 410 g/mol. The van der Waals surface area contributed by atoms with Crippen molar-refractivity contribution in [2.45, 2.75) is 71.1 Å². The first-order valence-electron chi connectivity index (χ1n) is 11.5. The second-order valence-electron chi connectivity index (χ2n) is 8.16. The van der Waals surface area contributed by atoms with Gasteiger partial charge in [-0.25, -0.2) is 4.57 Å². The zero-order chi connectivity index (χ0) is 21.2. The van der Waals surface area contributed by atoms with Gasteiger partial charge in [0, 0.05) is 0 Å². The summed E-state index contributed by atoms with van der Waals surface area (Å²) < 4.78 is 10.2. The number of rotatable bonds is 13. The highest BCUT2D eigenvalue weighted by Gasteiger charge is 2.29. The highest BCUT2D eigenvalue weighted by atomic mass is 16.5. The Balaban J connectivity index is 1.61. The molecule has 1 unspecified atom stereocenters. The third-order valence-electron chi connectivity index (χ3n) is 5.88. The molecule has 0 saturated heterocycles. The minimum Gasteiger partial charge on any atom is -0.376 e. The van der Waals surface area contributed by atoms with Crippen molar-refractivity contribution in [1.82, 2.24) is 4.57 Å². The van der Waals surface area contributed by atoms with Crippen LogP contribution in [-0.2, 0) is 18.5 Å². The van der Waals surface area contributed by atoms with Crippen LogP contribution in [0.4, 0.5) is 0 Å². The molecule has 1 heterocycles. The van der Waals surface area contributed by atoms with Crippen LogP contribution in [-0.4, -0.2) is 16.3 Å². The topological polar surface area (TPSA) is 38.3 Å². The third kappa shape index (κ3) is 5.71. The normalized spacial score (nSPS) is 12.5. The van der Waals surface area contributed by atoms with Crippen molar-refractivity contribution in [1.29, 1.82) is 0 Å². The van der Waals surface area contributed by atoms with Crippen molar-refractivity contribution in [3.63, 3.8) is 0 Å². The van der Waals surface area contributed by atoms with Crippen molar-refractivity contribution >= 4 is 11.0 Å². The highest BCUT2D eigenvalue weighted by Crippen LogP contribution is 2.24. The fourth-order valence-electron chi connectivity index (χ4n) is 4.15. The van der Waals surface area contributed by atoms with Gasteiger partial charge in [0.15, 0.2) is 23.9 Å². The lowest BCUT2D eigenvalue weighted by Crippen LogP contribution is -2.35. The molecule has 1 atom stereocenters. The van der Waals surface area contributed by atoms with Gasteiger partial charge in [0.05, 0.1) is 13.7 Å². The number of hydrogen-bond donors (Lipinski definition) is 1. The monoisotopic (exact) mass is 409 g/mol. The second kappa shape index (κ2) is 11.9. The van der Waals surface area contributed by atoms with E-state index >= 15 is 0 Å². The van der Waals surface area contributed by atoms with E-state index in [1.807, 2.05) is 49.5 Å². The van der Waals surface area contributed by atoms with E-state index in [-0.39, 0.29) is 0 Å². The Morgan fingerprint density at radius 3 is 2.23 bits per heavy atom. The van der Waals surface area contributed by atoms with Gasteiger partial charge in [-0.05, 0) is 24.1 Å². The van der Waals surface area contributed by atoms with Crippen LogP contribution in [0.5, 0.6) is 0 Å². The number of hydrogen-bond acceptors (Lipinski definition) is 2. The number of unbranched alkanes of at least 4 members (excludes halogenated alkanes) is 7. The molecule has 0 radical (unpaired) electrons. The van der Waals surface area contributed by atoms with Crippen LogP contribution >= 0.6 is 0 Å². The molecule has 2 aromatic carbocycles. The summed E-state index contributed by atoms with van der Waals surface area (Å²) in [6.07, 6.45) is 9.66. The highest BCUT2D eigenvalue weighted by molar-refractivity contribution is 5.72. The molecule has 1 N–H and O–H groups in total. The molecule has 30 heavy (non-hydrogen) atoms. The Bertz CT molecular complexity index is 889. The first-order chi connectivity index (χ1) is 14.7. The van der Waals surface area contributed by atoms with Crippen LogP contribution in [0.2, 0.25) is 0 Å². The summed E-state index contributed by atoms with van der Waals surface area (Å²) in [4.78, 5) is 0. The van der Waals surface area contributed by atoms with E-state index in [1.54, 1.807) is 0 Å². The number of aryl methyl sites for hydroxylation is 1. The number of imidazole rings is 1. The number of ether oxygens (including phenoxy) is 1. The number of nitrogens with zero attached hydrogens (tertiary/aromatic N) is 2. The molecule has 1 aromatic heterocycles. The Hall–Kier alpha value is -2.17. The lowest BCUT2D eigenvalue weighted by atomic mass is 10.1. The summed E-state index contributed by atoms with van der Waals surface area (Å²) in [5, 5.41) is 11.1. The standard InChI is InChI=1S/C26H37N2O2/c1-3-4-5-6-7-8-9-15-20-30-21-28-24-19-14-13-18-23(24)27(2)26(28)25(29)22-16-11-10-12-17-22/h10-14,16-19,25,29H,3-9,15,20-21H2,1-2H3/q+1. The van der Waals surface area contributed by atoms with Gasteiger partial charge < -0.3 is 9.84 Å². The maximum atomic E-state index is 11.1. The Kier molecular flexibility index (Phi) is 8.91. The quantitative estimate of drug-likeness (QED) is 0.292. The minimum atomic E-state index is -0.699. The van der Waals surface area contributed by atoms with Crippen LogP contribution in [0.15, 0.2) is 54.6 Å². The predicted octanol–water partition coefficient (Wildman–Crippen LogP) is 5.66. The van der Waals surface area contributed by atoms with Gasteiger partial charge in [0.1, 0.15) is 0 Å². The molecular formula is C26H37N2O2+. The Labute approximate surface area is 181 Å². The molecule has 0 fully saturated rings. The Morgan fingerprint density at radius 2 is 1.50 bits per heavy atom. The number of fused-ring (bicyclic) bond motifs is 1. The number of aliphatic hydroxyl groups excluding tert-OH is 1. The molecule has 0 bridgehead atoms. The summed E-state index contributed by atoms with van der Waals surface area (Å²) in [5.41, 5.74) is 3.07. The average Bonchev–Trinajstić information content (AvgIpc) is 3.07. The molecule has 0 saturated carbocycles. The van der Waals surface area contributed by atoms with Gasteiger partial charge in [-0.3, -0.25) is 0 Å². The van der Waals surface area contributed by atoms with Crippen LogP contribution in [0.1, 0.15) is 75.8 Å². The molecule has 3 aromatic rings. The zero-order valence-corrected chi connectivity index (χ0v) is 18.6. The molecule has 4 heteroatoms. The van der Waals surface area contributed by atoms with Crippen molar-refractivity contribution in [2.24, 2.45) is 7.05 Å². The number of benzene rings is 2. The summed E-state index contributed by atoms with van der Waals surface area (Å²) in [7, 11) is 2.01. The number of para-hydroxylation sites is 2. The first kappa shape index (κ1) is 22.5. The maximum Gasteiger partial charge on any atom is 0.293 e. The van der Waals surface area contributed by atoms with Gasteiger partial charge in [-0.15, -0.1) is 0 Å².